The summed E-state index contributed by atoms with van der Waals surface area (Å²) in [6.07, 6.45) is 0. The molecular formula is C9H11BrClNO2. The second-order valence-corrected chi connectivity index (χ2v) is 4.65. The summed E-state index contributed by atoms with van der Waals surface area (Å²) in [5.41, 5.74) is 5.20. The van der Waals surface area contributed by atoms with Crippen molar-refractivity contribution >= 4 is 27.5 Å². The van der Waals surface area contributed by atoms with E-state index in [0.29, 0.717) is 15.1 Å². The molecule has 0 aliphatic carbocycles. The number of aliphatic hydroxyl groups excluding tert-OH is 1. The normalized spacial score (nSPS) is 15.2. The molecule has 0 amide bonds. The maximum atomic E-state index is 9.69. The summed E-state index contributed by atoms with van der Waals surface area (Å²) in [7, 11) is 0. The van der Waals surface area contributed by atoms with Crippen molar-refractivity contribution in [3.05, 3.63) is 27.2 Å². The summed E-state index contributed by atoms with van der Waals surface area (Å²) >= 11 is 8.95. The predicted molar refractivity (Wildman–Crippen MR) is 59.4 cm³/mol. The average Bonchev–Trinajstić information content (AvgIpc) is 2.11. The summed E-state index contributed by atoms with van der Waals surface area (Å²) in [6.45, 7) is 1.35. The van der Waals surface area contributed by atoms with Crippen LogP contribution in [0.5, 0.6) is 5.75 Å². The van der Waals surface area contributed by atoms with Crippen molar-refractivity contribution in [3.8, 4) is 5.75 Å². The highest BCUT2D eigenvalue weighted by Crippen LogP contribution is 2.36. The van der Waals surface area contributed by atoms with Crippen LogP contribution in [-0.2, 0) is 5.54 Å². The minimum Gasteiger partial charge on any atom is -0.506 e. The highest BCUT2D eigenvalue weighted by atomic mass is 79.9. The van der Waals surface area contributed by atoms with E-state index in [0.717, 1.165) is 0 Å². The van der Waals surface area contributed by atoms with Gasteiger partial charge in [0, 0.05) is 10.6 Å². The Morgan fingerprint density at radius 2 is 2.14 bits per heavy atom. The molecule has 5 heteroatoms. The van der Waals surface area contributed by atoms with Gasteiger partial charge in [-0.05, 0) is 35.0 Å². The number of halogens is 2. The van der Waals surface area contributed by atoms with Crippen LogP contribution in [0.25, 0.3) is 0 Å². The zero-order valence-corrected chi connectivity index (χ0v) is 9.93. The van der Waals surface area contributed by atoms with Gasteiger partial charge in [-0.15, -0.1) is 0 Å². The van der Waals surface area contributed by atoms with E-state index in [1.165, 1.54) is 6.07 Å². The number of benzene rings is 1. The molecule has 0 aromatic heterocycles. The first-order chi connectivity index (χ1) is 6.38. The first-order valence-electron chi connectivity index (χ1n) is 3.96. The Hall–Kier alpha value is -0.290. The van der Waals surface area contributed by atoms with Crippen LogP contribution in [0.2, 0.25) is 5.02 Å². The molecule has 14 heavy (non-hydrogen) atoms. The summed E-state index contributed by atoms with van der Waals surface area (Å²) < 4.78 is 0.463. The Bertz CT molecular complexity index is 355. The van der Waals surface area contributed by atoms with E-state index >= 15 is 0 Å². The van der Waals surface area contributed by atoms with Gasteiger partial charge in [0.05, 0.1) is 16.6 Å². The van der Waals surface area contributed by atoms with Crippen molar-refractivity contribution in [1.82, 2.24) is 0 Å². The summed E-state index contributed by atoms with van der Waals surface area (Å²) in [6, 6.07) is 3.10. The summed E-state index contributed by atoms with van der Waals surface area (Å²) in [5, 5.41) is 19.2. The fourth-order valence-corrected chi connectivity index (χ4v) is 1.90. The molecule has 1 unspecified atom stereocenters. The Labute approximate surface area is 95.6 Å². The molecule has 1 aromatic carbocycles. The standard InChI is InChI=1S/C9H11BrClNO2/c1-9(12,4-13)6-2-5(11)3-7(10)8(6)14/h2-3,13-14H,4,12H2,1H3. The number of rotatable bonds is 2. The van der Waals surface area contributed by atoms with E-state index in [4.69, 9.17) is 22.4 Å². The molecule has 0 aliphatic heterocycles. The van der Waals surface area contributed by atoms with Crippen LogP contribution < -0.4 is 5.73 Å². The number of hydrogen-bond donors (Lipinski definition) is 3. The van der Waals surface area contributed by atoms with Crippen molar-refractivity contribution in [2.45, 2.75) is 12.5 Å². The van der Waals surface area contributed by atoms with Crippen LogP contribution in [0.15, 0.2) is 16.6 Å². The van der Waals surface area contributed by atoms with Gasteiger partial charge < -0.3 is 15.9 Å². The Kier molecular flexibility index (Phi) is 3.42. The molecule has 1 aromatic rings. The van der Waals surface area contributed by atoms with Gasteiger partial charge in [-0.25, -0.2) is 0 Å². The topological polar surface area (TPSA) is 66.5 Å². The summed E-state index contributed by atoms with van der Waals surface area (Å²) in [4.78, 5) is 0. The Morgan fingerprint density at radius 3 is 2.64 bits per heavy atom. The van der Waals surface area contributed by atoms with Crippen LogP contribution in [0.3, 0.4) is 0 Å². The third-order valence-corrected chi connectivity index (χ3v) is 2.79. The van der Waals surface area contributed by atoms with Crippen molar-refractivity contribution in [2.24, 2.45) is 5.73 Å². The zero-order valence-electron chi connectivity index (χ0n) is 7.59. The largest absolute Gasteiger partial charge is 0.506 e. The van der Waals surface area contributed by atoms with Gasteiger partial charge in [-0.3, -0.25) is 0 Å². The van der Waals surface area contributed by atoms with Gasteiger partial charge in [-0.2, -0.15) is 0 Å². The number of aromatic hydroxyl groups is 1. The van der Waals surface area contributed by atoms with Crippen LogP contribution in [-0.4, -0.2) is 16.8 Å². The molecule has 3 nitrogen and oxygen atoms in total. The van der Waals surface area contributed by atoms with Crippen molar-refractivity contribution in [1.29, 1.82) is 0 Å². The first-order valence-corrected chi connectivity index (χ1v) is 5.14. The summed E-state index contributed by atoms with van der Waals surface area (Å²) in [5.74, 6) is 0.00782. The van der Waals surface area contributed by atoms with Gasteiger partial charge in [0.1, 0.15) is 5.75 Å². The van der Waals surface area contributed by atoms with E-state index in [1.54, 1.807) is 13.0 Å². The van der Waals surface area contributed by atoms with Gasteiger partial charge in [0.2, 0.25) is 0 Å². The third-order valence-electron chi connectivity index (χ3n) is 1.97. The molecule has 1 rings (SSSR count). The molecule has 1 atom stereocenters. The maximum absolute atomic E-state index is 9.69. The molecule has 0 heterocycles. The molecule has 0 radical (unpaired) electrons. The quantitative estimate of drug-likeness (QED) is 0.776. The van der Waals surface area contributed by atoms with Gasteiger partial charge >= 0.3 is 0 Å². The number of phenols is 1. The molecular weight excluding hydrogens is 269 g/mol. The SMILES string of the molecule is CC(N)(CO)c1cc(Cl)cc(Br)c1O. The van der Waals surface area contributed by atoms with Gasteiger partial charge in [0.15, 0.2) is 0 Å². The lowest BCUT2D eigenvalue weighted by Crippen LogP contribution is -2.37. The molecule has 0 saturated carbocycles. The monoisotopic (exact) mass is 279 g/mol. The van der Waals surface area contributed by atoms with Gasteiger partial charge in [-0.1, -0.05) is 11.6 Å². The zero-order chi connectivity index (χ0) is 10.9. The van der Waals surface area contributed by atoms with Crippen molar-refractivity contribution in [2.75, 3.05) is 6.61 Å². The highest BCUT2D eigenvalue weighted by Gasteiger charge is 2.25. The first kappa shape index (κ1) is 11.8. The second kappa shape index (κ2) is 4.06. The molecule has 0 spiro atoms. The number of aliphatic hydroxyl groups is 1. The number of hydrogen-bond acceptors (Lipinski definition) is 3. The predicted octanol–water partition coefficient (Wildman–Crippen LogP) is 1.97. The third kappa shape index (κ3) is 2.20. The number of nitrogens with two attached hydrogens (primary N) is 1. The van der Waals surface area contributed by atoms with Crippen LogP contribution in [0, 0.1) is 0 Å². The van der Waals surface area contributed by atoms with Crippen LogP contribution in [0.4, 0.5) is 0 Å². The number of phenolic OH excluding ortho intramolecular Hbond substituents is 1. The lowest BCUT2D eigenvalue weighted by atomic mass is 9.93. The van der Waals surface area contributed by atoms with E-state index in [9.17, 15) is 5.11 Å². The second-order valence-electron chi connectivity index (χ2n) is 3.36. The molecule has 0 bridgehead atoms. The lowest BCUT2D eigenvalue weighted by molar-refractivity contribution is 0.207. The lowest BCUT2D eigenvalue weighted by Gasteiger charge is -2.24. The van der Waals surface area contributed by atoms with E-state index < -0.39 is 5.54 Å². The maximum Gasteiger partial charge on any atom is 0.134 e. The van der Waals surface area contributed by atoms with Crippen LogP contribution in [0.1, 0.15) is 12.5 Å². The molecule has 0 saturated heterocycles. The molecule has 4 N–H and O–H groups in total. The van der Waals surface area contributed by atoms with E-state index in [1.807, 2.05) is 0 Å². The molecule has 0 fully saturated rings. The fourth-order valence-electron chi connectivity index (χ4n) is 1.09. The minimum atomic E-state index is -1.00. The van der Waals surface area contributed by atoms with Crippen LogP contribution >= 0.6 is 27.5 Å². The van der Waals surface area contributed by atoms with Crippen molar-refractivity contribution in [3.63, 3.8) is 0 Å². The molecule has 78 valence electrons. The molecule has 0 aliphatic rings. The Balaban J connectivity index is 3.34. The van der Waals surface area contributed by atoms with Gasteiger partial charge in [0.25, 0.3) is 0 Å². The highest BCUT2D eigenvalue weighted by molar-refractivity contribution is 9.10. The minimum absolute atomic E-state index is 0.00782. The smallest absolute Gasteiger partial charge is 0.134 e. The average molecular weight is 281 g/mol. The van der Waals surface area contributed by atoms with E-state index in [2.05, 4.69) is 15.9 Å². The van der Waals surface area contributed by atoms with E-state index in [-0.39, 0.29) is 12.4 Å². The Morgan fingerprint density at radius 1 is 1.57 bits per heavy atom. The van der Waals surface area contributed by atoms with Crippen molar-refractivity contribution < 1.29 is 10.2 Å². The fraction of sp³-hybridized carbons (Fsp3) is 0.333.